The van der Waals surface area contributed by atoms with Crippen molar-refractivity contribution in [2.24, 2.45) is 0 Å². The molecule has 0 saturated carbocycles. The Balaban J connectivity index is 1.56. The highest BCUT2D eigenvalue weighted by Crippen LogP contribution is 2.23. The Labute approximate surface area is 172 Å². The van der Waals surface area contributed by atoms with Gasteiger partial charge in [0, 0.05) is 17.7 Å². The summed E-state index contributed by atoms with van der Waals surface area (Å²) in [6, 6.07) is 7.78. The van der Waals surface area contributed by atoms with Crippen molar-refractivity contribution in [1.29, 1.82) is 0 Å². The quantitative estimate of drug-likeness (QED) is 0.445. The fraction of sp³-hybridized carbons (Fsp3) is 0.333. The van der Waals surface area contributed by atoms with Crippen molar-refractivity contribution in [1.82, 2.24) is 9.97 Å². The van der Waals surface area contributed by atoms with Crippen LogP contribution in [0.3, 0.4) is 0 Å². The Kier molecular flexibility index (Phi) is 6.43. The van der Waals surface area contributed by atoms with Gasteiger partial charge < -0.3 is 14.5 Å². The predicted molar refractivity (Wildman–Crippen MR) is 109 cm³/mol. The molecule has 29 heavy (non-hydrogen) atoms. The molecule has 152 valence electrons. The second-order valence-corrected chi connectivity index (χ2v) is 7.62. The number of aryl methyl sites for hydroxylation is 2. The summed E-state index contributed by atoms with van der Waals surface area (Å²) >= 11 is 1.54. The van der Waals surface area contributed by atoms with Crippen molar-refractivity contribution in [2.45, 2.75) is 33.6 Å². The van der Waals surface area contributed by atoms with Crippen molar-refractivity contribution in [3.05, 3.63) is 51.8 Å². The van der Waals surface area contributed by atoms with Crippen LogP contribution in [-0.4, -0.2) is 40.9 Å². The fourth-order valence-electron chi connectivity index (χ4n) is 3.10. The molecule has 2 heterocycles. The molecule has 0 spiro atoms. The van der Waals surface area contributed by atoms with Crippen LogP contribution in [-0.2, 0) is 20.7 Å². The molecule has 0 unspecified atom stereocenters. The van der Waals surface area contributed by atoms with Crippen LogP contribution in [0.15, 0.2) is 24.3 Å². The Morgan fingerprint density at radius 2 is 1.90 bits per heavy atom. The SMILES string of the molecule is CCOC(=O)c1[nH]c(C)c(C(=O)COC(=O)CCc2nc3ccccc3s2)c1C. The molecule has 2 aromatic heterocycles. The lowest BCUT2D eigenvalue weighted by atomic mass is 10.1. The number of ketones is 1. The number of rotatable bonds is 8. The Morgan fingerprint density at radius 1 is 1.14 bits per heavy atom. The van der Waals surface area contributed by atoms with Gasteiger partial charge in [0.2, 0.25) is 5.78 Å². The van der Waals surface area contributed by atoms with Gasteiger partial charge in [0.15, 0.2) is 6.61 Å². The molecule has 1 aromatic carbocycles. The molecule has 0 aliphatic heterocycles. The van der Waals surface area contributed by atoms with E-state index in [0.717, 1.165) is 15.2 Å². The van der Waals surface area contributed by atoms with Crippen LogP contribution in [0.2, 0.25) is 0 Å². The average molecular weight is 414 g/mol. The number of hydrogen-bond acceptors (Lipinski definition) is 7. The summed E-state index contributed by atoms with van der Waals surface area (Å²) in [7, 11) is 0. The monoisotopic (exact) mass is 414 g/mol. The summed E-state index contributed by atoms with van der Waals surface area (Å²) in [6.07, 6.45) is 0.605. The highest BCUT2D eigenvalue weighted by molar-refractivity contribution is 7.18. The van der Waals surface area contributed by atoms with Crippen molar-refractivity contribution in [2.75, 3.05) is 13.2 Å². The van der Waals surface area contributed by atoms with Gasteiger partial charge >= 0.3 is 11.9 Å². The second kappa shape index (κ2) is 9.00. The fourth-order valence-corrected chi connectivity index (χ4v) is 4.07. The topological polar surface area (TPSA) is 98.4 Å². The first-order valence-electron chi connectivity index (χ1n) is 9.30. The number of esters is 2. The number of nitrogens with zero attached hydrogens (tertiary/aromatic N) is 1. The van der Waals surface area contributed by atoms with Gasteiger partial charge in [-0.1, -0.05) is 12.1 Å². The van der Waals surface area contributed by atoms with E-state index in [4.69, 9.17) is 9.47 Å². The van der Waals surface area contributed by atoms with Crippen LogP contribution in [0.1, 0.15) is 50.5 Å². The minimum absolute atomic E-state index is 0.145. The number of Topliss-reactive ketones (excluding diaryl/α,β-unsaturated/α-hetero) is 1. The van der Waals surface area contributed by atoms with Crippen molar-refractivity contribution < 1.29 is 23.9 Å². The number of hydrogen-bond donors (Lipinski definition) is 1. The first-order valence-corrected chi connectivity index (χ1v) is 10.1. The van der Waals surface area contributed by atoms with Crippen LogP contribution >= 0.6 is 11.3 Å². The van der Waals surface area contributed by atoms with Gasteiger partial charge in [-0.25, -0.2) is 9.78 Å². The number of benzene rings is 1. The smallest absolute Gasteiger partial charge is 0.355 e. The molecule has 7 nitrogen and oxygen atoms in total. The zero-order chi connectivity index (χ0) is 21.0. The number of aromatic nitrogens is 2. The third-order valence-electron chi connectivity index (χ3n) is 4.44. The minimum atomic E-state index is -0.514. The van der Waals surface area contributed by atoms with Crippen LogP contribution in [0.5, 0.6) is 0 Å². The number of fused-ring (bicyclic) bond motifs is 1. The van der Waals surface area contributed by atoms with Crippen LogP contribution < -0.4 is 0 Å². The van der Waals surface area contributed by atoms with E-state index < -0.39 is 11.9 Å². The van der Waals surface area contributed by atoms with Crippen LogP contribution in [0.4, 0.5) is 0 Å². The zero-order valence-electron chi connectivity index (χ0n) is 16.5. The van der Waals surface area contributed by atoms with Gasteiger partial charge in [-0.05, 0) is 38.5 Å². The number of carbonyl (C=O) groups excluding carboxylic acids is 3. The van der Waals surface area contributed by atoms with E-state index in [2.05, 4.69) is 9.97 Å². The summed E-state index contributed by atoms with van der Waals surface area (Å²) in [5, 5.41) is 0.853. The van der Waals surface area contributed by atoms with Crippen LogP contribution in [0.25, 0.3) is 10.2 Å². The van der Waals surface area contributed by atoms with E-state index in [-0.39, 0.29) is 31.1 Å². The number of aromatic amines is 1. The lowest BCUT2D eigenvalue weighted by Gasteiger charge is -2.05. The Hall–Kier alpha value is -3.00. The van der Waals surface area contributed by atoms with Crippen molar-refractivity contribution in [3.8, 4) is 0 Å². The second-order valence-electron chi connectivity index (χ2n) is 6.50. The van der Waals surface area contributed by atoms with E-state index in [0.29, 0.717) is 23.2 Å². The number of nitrogens with one attached hydrogen (secondary N) is 1. The number of para-hydroxylation sites is 1. The van der Waals surface area contributed by atoms with E-state index in [1.54, 1.807) is 32.1 Å². The minimum Gasteiger partial charge on any atom is -0.461 e. The molecule has 3 aromatic rings. The molecule has 0 atom stereocenters. The largest absolute Gasteiger partial charge is 0.461 e. The van der Waals surface area contributed by atoms with Gasteiger partial charge in [-0.2, -0.15) is 0 Å². The highest BCUT2D eigenvalue weighted by atomic mass is 32.1. The number of thiazole rings is 1. The van der Waals surface area contributed by atoms with Crippen molar-refractivity contribution in [3.63, 3.8) is 0 Å². The maximum absolute atomic E-state index is 12.5. The third-order valence-corrected chi connectivity index (χ3v) is 5.54. The normalized spacial score (nSPS) is 10.9. The number of H-pyrrole nitrogens is 1. The summed E-state index contributed by atoms with van der Waals surface area (Å²) in [5.41, 5.74) is 2.55. The van der Waals surface area contributed by atoms with Gasteiger partial charge in [-0.3, -0.25) is 9.59 Å². The Bertz CT molecular complexity index is 1030. The standard InChI is InChI=1S/C21H22N2O5S/c1-4-27-21(26)20-12(2)19(13(3)22-20)15(24)11-28-18(25)10-9-17-23-14-7-5-6-8-16(14)29-17/h5-8,22H,4,9-11H2,1-3H3. The summed E-state index contributed by atoms with van der Waals surface area (Å²) in [6.45, 7) is 4.94. The molecule has 0 amide bonds. The average Bonchev–Trinajstić information content (AvgIpc) is 3.24. The molecule has 0 radical (unpaired) electrons. The third kappa shape index (κ3) is 4.71. The van der Waals surface area contributed by atoms with E-state index >= 15 is 0 Å². The molecule has 8 heteroatoms. The van der Waals surface area contributed by atoms with E-state index in [1.165, 1.54) is 0 Å². The molecule has 1 N–H and O–H groups in total. The number of carbonyl (C=O) groups is 3. The maximum Gasteiger partial charge on any atom is 0.355 e. The molecule has 0 aliphatic rings. The first kappa shape index (κ1) is 20.7. The lowest BCUT2D eigenvalue weighted by molar-refractivity contribution is -0.142. The van der Waals surface area contributed by atoms with Gasteiger partial charge in [0.25, 0.3) is 0 Å². The summed E-state index contributed by atoms with van der Waals surface area (Å²) in [4.78, 5) is 43.9. The van der Waals surface area contributed by atoms with Crippen LogP contribution in [0, 0.1) is 13.8 Å². The van der Waals surface area contributed by atoms with E-state index in [1.807, 2.05) is 24.3 Å². The van der Waals surface area contributed by atoms with E-state index in [9.17, 15) is 14.4 Å². The van der Waals surface area contributed by atoms with Crippen molar-refractivity contribution >= 4 is 39.3 Å². The maximum atomic E-state index is 12.5. The highest BCUT2D eigenvalue weighted by Gasteiger charge is 2.23. The molecular formula is C21H22N2O5S. The molecule has 0 bridgehead atoms. The molecule has 3 rings (SSSR count). The summed E-state index contributed by atoms with van der Waals surface area (Å²) < 4.78 is 11.2. The number of ether oxygens (including phenoxy) is 2. The predicted octanol–water partition coefficient (Wildman–Crippen LogP) is 3.78. The van der Waals surface area contributed by atoms with Gasteiger partial charge in [0.1, 0.15) is 5.69 Å². The molecule has 0 saturated heterocycles. The molecular weight excluding hydrogens is 392 g/mol. The molecule has 0 fully saturated rings. The van der Waals surface area contributed by atoms with Gasteiger partial charge in [0.05, 0.1) is 28.3 Å². The Morgan fingerprint density at radius 3 is 2.62 bits per heavy atom. The lowest BCUT2D eigenvalue weighted by Crippen LogP contribution is -2.16. The van der Waals surface area contributed by atoms with Gasteiger partial charge in [-0.15, -0.1) is 11.3 Å². The molecule has 0 aliphatic carbocycles. The zero-order valence-corrected chi connectivity index (χ0v) is 17.4. The first-order chi connectivity index (χ1) is 13.9. The summed E-state index contributed by atoms with van der Waals surface area (Å²) in [5.74, 6) is -1.34.